The fraction of sp³-hybridized carbons (Fsp3) is 0.353. The van der Waals surface area contributed by atoms with Gasteiger partial charge in [0.15, 0.2) is 0 Å². The van der Waals surface area contributed by atoms with E-state index in [1.807, 2.05) is 24.4 Å². The van der Waals surface area contributed by atoms with Crippen molar-refractivity contribution < 1.29 is 14.5 Å². The minimum Gasteiger partial charge on any atom is -0.497 e. The van der Waals surface area contributed by atoms with Gasteiger partial charge in [0.25, 0.3) is 0 Å². The Morgan fingerprint density at radius 3 is 2.50 bits per heavy atom. The first-order valence-corrected chi connectivity index (χ1v) is 8.60. The highest BCUT2D eigenvalue weighted by Gasteiger charge is 2.55. The summed E-state index contributed by atoms with van der Waals surface area (Å²) in [5.74, 6) is -0.132. The standard InChI is InChI=1S/C17H18N2O4S/c1-3-13-15(19(21)22)16(14-5-4-10-24-14)18(17(13)20)11-6-8-12(23-2)9-7-11/h4-10,13,15-16H,3H2,1-2H3/t13-,15-,16+/m1/s1. The summed E-state index contributed by atoms with van der Waals surface area (Å²) in [5.41, 5.74) is 0.655. The Balaban J connectivity index is 2.09. The van der Waals surface area contributed by atoms with Crippen LogP contribution in [0, 0.1) is 16.0 Å². The normalized spacial score (nSPS) is 23.5. The number of amides is 1. The van der Waals surface area contributed by atoms with E-state index in [0.717, 1.165) is 4.88 Å². The molecule has 1 fully saturated rings. The van der Waals surface area contributed by atoms with Crippen LogP contribution in [0.4, 0.5) is 5.69 Å². The van der Waals surface area contributed by atoms with Crippen molar-refractivity contribution in [1.29, 1.82) is 0 Å². The Hall–Kier alpha value is -2.41. The summed E-state index contributed by atoms with van der Waals surface area (Å²) in [5, 5.41) is 13.6. The summed E-state index contributed by atoms with van der Waals surface area (Å²) in [7, 11) is 1.57. The number of carbonyl (C=O) groups is 1. The number of rotatable bonds is 5. The first kappa shape index (κ1) is 16.4. The number of hydrogen-bond donors (Lipinski definition) is 0. The van der Waals surface area contributed by atoms with Crippen molar-refractivity contribution in [2.75, 3.05) is 12.0 Å². The van der Waals surface area contributed by atoms with E-state index in [1.165, 1.54) is 11.3 Å². The first-order chi connectivity index (χ1) is 11.6. The lowest BCUT2D eigenvalue weighted by molar-refractivity contribution is -0.530. The molecule has 0 unspecified atom stereocenters. The van der Waals surface area contributed by atoms with Gasteiger partial charge in [0.2, 0.25) is 11.9 Å². The summed E-state index contributed by atoms with van der Waals surface area (Å²) < 4.78 is 5.15. The fourth-order valence-corrected chi connectivity index (χ4v) is 4.15. The van der Waals surface area contributed by atoms with Gasteiger partial charge in [0.05, 0.1) is 7.11 Å². The van der Waals surface area contributed by atoms with Crippen LogP contribution < -0.4 is 9.64 Å². The molecule has 3 rings (SSSR count). The second-order valence-corrected chi connectivity index (χ2v) is 6.64. The van der Waals surface area contributed by atoms with E-state index in [4.69, 9.17) is 4.74 Å². The number of ether oxygens (including phenoxy) is 1. The van der Waals surface area contributed by atoms with Crippen LogP contribution in [0.1, 0.15) is 24.3 Å². The zero-order valence-corrected chi connectivity index (χ0v) is 14.2. The lowest BCUT2D eigenvalue weighted by Gasteiger charge is -2.24. The van der Waals surface area contributed by atoms with Gasteiger partial charge in [-0.1, -0.05) is 13.0 Å². The molecule has 24 heavy (non-hydrogen) atoms. The van der Waals surface area contributed by atoms with Crippen LogP contribution >= 0.6 is 11.3 Å². The van der Waals surface area contributed by atoms with Gasteiger partial charge < -0.3 is 4.74 Å². The molecule has 1 aromatic heterocycles. The summed E-state index contributed by atoms with van der Waals surface area (Å²) in [6, 6.07) is 9.25. The number of anilines is 1. The third-order valence-electron chi connectivity index (χ3n) is 4.44. The quantitative estimate of drug-likeness (QED) is 0.613. The van der Waals surface area contributed by atoms with Crippen molar-refractivity contribution >= 4 is 22.9 Å². The highest BCUT2D eigenvalue weighted by molar-refractivity contribution is 7.10. The molecule has 0 saturated carbocycles. The first-order valence-electron chi connectivity index (χ1n) is 7.72. The zero-order valence-electron chi connectivity index (χ0n) is 13.4. The van der Waals surface area contributed by atoms with Crippen molar-refractivity contribution in [2.24, 2.45) is 5.92 Å². The van der Waals surface area contributed by atoms with E-state index in [1.54, 1.807) is 36.3 Å². The average Bonchev–Trinajstić information content (AvgIpc) is 3.20. The Kier molecular flexibility index (Phi) is 4.53. The Morgan fingerprint density at radius 1 is 1.29 bits per heavy atom. The molecular weight excluding hydrogens is 328 g/mol. The third kappa shape index (κ3) is 2.65. The van der Waals surface area contributed by atoms with E-state index in [9.17, 15) is 14.9 Å². The van der Waals surface area contributed by atoms with Crippen molar-refractivity contribution in [3.8, 4) is 5.75 Å². The van der Waals surface area contributed by atoms with Crippen molar-refractivity contribution in [3.63, 3.8) is 0 Å². The van der Waals surface area contributed by atoms with E-state index >= 15 is 0 Å². The molecule has 1 amide bonds. The van der Waals surface area contributed by atoms with Gasteiger partial charge in [-0.25, -0.2) is 0 Å². The predicted molar refractivity (Wildman–Crippen MR) is 92.1 cm³/mol. The lowest BCUT2D eigenvalue weighted by atomic mass is 9.95. The fourth-order valence-electron chi connectivity index (χ4n) is 3.30. The molecule has 1 aliphatic heterocycles. The maximum absolute atomic E-state index is 12.9. The Bertz CT molecular complexity index is 730. The molecule has 126 valence electrons. The van der Waals surface area contributed by atoms with Crippen LogP contribution in [0.3, 0.4) is 0 Å². The molecule has 7 heteroatoms. The summed E-state index contributed by atoms with van der Waals surface area (Å²) in [6.07, 6.45) is 0.443. The van der Waals surface area contributed by atoms with E-state index < -0.39 is 18.0 Å². The molecule has 2 heterocycles. The Labute approximate surface area is 143 Å². The maximum atomic E-state index is 12.9. The molecule has 1 aromatic carbocycles. The number of methoxy groups -OCH3 is 1. The number of nitro groups is 1. The number of nitrogens with zero attached hydrogens (tertiary/aromatic N) is 2. The van der Waals surface area contributed by atoms with Gasteiger partial charge >= 0.3 is 0 Å². The van der Waals surface area contributed by atoms with Crippen LogP contribution in [-0.4, -0.2) is 24.0 Å². The topological polar surface area (TPSA) is 72.7 Å². The van der Waals surface area contributed by atoms with Crippen LogP contribution in [0.2, 0.25) is 0 Å². The highest BCUT2D eigenvalue weighted by Crippen LogP contribution is 2.44. The number of thiophene rings is 1. The van der Waals surface area contributed by atoms with E-state index in [0.29, 0.717) is 17.9 Å². The molecular formula is C17H18N2O4S. The second kappa shape index (κ2) is 6.60. The minimum absolute atomic E-state index is 0.192. The molecule has 1 aliphatic rings. The van der Waals surface area contributed by atoms with Gasteiger partial charge in [-0.3, -0.25) is 19.8 Å². The largest absolute Gasteiger partial charge is 0.497 e. The predicted octanol–water partition coefficient (Wildman–Crippen LogP) is 3.52. The van der Waals surface area contributed by atoms with Crippen LogP contribution in [0.25, 0.3) is 0 Å². The van der Waals surface area contributed by atoms with Crippen molar-refractivity contribution in [1.82, 2.24) is 0 Å². The monoisotopic (exact) mass is 346 g/mol. The molecule has 0 spiro atoms. The van der Waals surface area contributed by atoms with Crippen molar-refractivity contribution in [3.05, 3.63) is 56.8 Å². The number of hydrogen-bond acceptors (Lipinski definition) is 5. The van der Waals surface area contributed by atoms with Gasteiger partial charge in [0, 0.05) is 15.5 Å². The summed E-state index contributed by atoms with van der Waals surface area (Å²) >= 11 is 1.44. The molecule has 0 radical (unpaired) electrons. The van der Waals surface area contributed by atoms with Crippen LogP contribution in [0.15, 0.2) is 41.8 Å². The molecule has 0 bridgehead atoms. The van der Waals surface area contributed by atoms with Gasteiger partial charge in [-0.2, -0.15) is 0 Å². The number of benzene rings is 1. The average molecular weight is 346 g/mol. The van der Waals surface area contributed by atoms with E-state index in [-0.39, 0.29) is 10.8 Å². The van der Waals surface area contributed by atoms with Gasteiger partial charge in [-0.15, -0.1) is 11.3 Å². The molecule has 2 aromatic rings. The third-order valence-corrected chi connectivity index (χ3v) is 5.38. The maximum Gasteiger partial charge on any atom is 0.250 e. The summed E-state index contributed by atoms with van der Waals surface area (Å²) in [4.78, 5) is 26.7. The van der Waals surface area contributed by atoms with Gasteiger partial charge in [0.1, 0.15) is 17.7 Å². The second-order valence-electron chi connectivity index (χ2n) is 5.66. The van der Waals surface area contributed by atoms with Crippen LogP contribution in [-0.2, 0) is 4.79 Å². The molecule has 3 atom stereocenters. The molecule has 1 saturated heterocycles. The minimum atomic E-state index is -0.941. The van der Waals surface area contributed by atoms with Crippen molar-refractivity contribution in [2.45, 2.75) is 25.4 Å². The Morgan fingerprint density at radius 2 is 2.00 bits per heavy atom. The number of carbonyl (C=O) groups excluding carboxylic acids is 1. The smallest absolute Gasteiger partial charge is 0.250 e. The molecule has 0 aliphatic carbocycles. The van der Waals surface area contributed by atoms with Gasteiger partial charge in [-0.05, 0) is 42.1 Å². The van der Waals surface area contributed by atoms with Crippen LogP contribution in [0.5, 0.6) is 5.75 Å². The molecule has 0 N–H and O–H groups in total. The van der Waals surface area contributed by atoms with E-state index in [2.05, 4.69) is 0 Å². The highest BCUT2D eigenvalue weighted by atomic mass is 32.1. The SMILES string of the molecule is CC[C@H]1C(=O)N(c2ccc(OC)cc2)[C@@H](c2cccs2)[C@@H]1[N+](=O)[O-]. The lowest BCUT2D eigenvalue weighted by Crippen LogP contribution is -2.32. The summed E-state index contributed by atoms with van der Waals surface area (Å²) in [6.45, 7) is 1.82. The zero-order chi connectivity index (χ0) is 17.3. The molecule has 6 nitrogen and oxygen atoms in total.